The lowest BCUT2D eigenvalue weighted by molar-refractivity contribution is -0.123. The second kappa shape index (κ2) is 7.60. The molecule has 0 saturated carbocycles. The van der Waals surface area contributed by atoms with Crippen molar-refractivity contribution in [2.75, 3.05) is 13.2 Å². The number of aromatic amines is 1. The number of H-pyrrole nitrogens is 1. The number of benzene rings is 2. The first kappa shape index (κ1) is 16.7. The number of para-hydroxylation sites is 1. The molecular weight excluding hydrogens is 347 g/mol. The van der Waals surface area contributed by atoms with Gasteiger partial charge in [-0.3, -0.25) is 4.79 Å². The molecule has 0 atom stereocenters. The number of nitrogens with one attached hydrogen (secondary N) is 2. The van der Waals surface area contributed by atoms with Gasteiger partial charge in [0.05, 0.1) is 5.02 Å². The zero-order valence-corrected chi connectivity index (χ0v) is 14.3. The summed E-state index contributed by atoms with van der Waals surface area (Å²) in [4.78, 5) is 15.1. The number of aromatic nitrogens is 1. The van der Waals surface area contributed by atoms with E-state index in [0.717, 1.165) is 11.9 Å². The molecule has 2 N–H and O–H groups in total. The van der Waals surface area contributed by atoms with Crippen LogP contribution in [0.5, 0.6) is 5.75 Å². The molecule has 4 nitrogen and oxygen atoms in total. The predicted molar refractivity (Wildman–Crippen MR) is 97.0 cm³/mol. The SMILES string of the molecule is O=C(COc1cccc(Cl)c1Cl)NCCc1c[nH]c2ccccc12. The van der Waals surface area contributed by atoms with Crippen LogP contribution in [0.4, 0.5) is 0 Å². The highest BCUT2D eigenvalue weighted by atomic mass is 35.5. The molecule has 1 aromatic heterocycles. The first-order valence-electron chi connectivity index (χ1n) is 7.53. The van der Waals surface area contributed by atoms with Crippen molar-refractivity contribution in [2.24, 2.45) is 0 Å². The minimum Gasteiger partial charge on any atom is -0.482 e. The molecule has 0 spiro atoms. The van der Waals surface area contributed by atoms with Gasteiger partial charge in [0.1, 0.15) is 10.8 Å². The molecule has 0 aliphatic carbocycles. The molecule has 0 bridgehead atoms. The van der Waals surface area contributed by atoms with Crippen LogP contribution in [-0.2, 0) is 11.2 Å². The van der Waals surface area contributed by atoms with Crippen LogP contribution in [0.3, 0.4) is 0 Å². The molecule has 0 radical (unpaired) electrons. The minimum atomic E-state index is -0.203. The minimum absolute atomic E-state index is 0.103. The summed E-state index contributed by atoms with van der Waals surface area (Å²) < 4.78 is 5.40. The van der Waals surface area contributed by atoms with Crippen LogP contribution in [0.2, 0.25) is 10.0 Å². The van der Waals surface area contributed by atoms with Crippen LogP contribution < -0.4 is 10.1 Å². The Hall–Kier alpha value is -2.17. The highest BCUT2D eigenvalue weighted by Crippen LogP contribution is 2.31. The standard InChI is InChI=1S/C18H16Cl2N2O2/c19-14-5-3-7-16(18(14)20)24-11-17(23)21-9-8-12-10-22-15-6-2-1-4-13(12)15/h1-7,10,22H,8-9,11H2,(H,21,23). The fourth-order valence-electron chi connectivity index (χ4n) is 2.46. The summed E-state index contributed by atoms with van der Waals surface area (Å²) in [6.45, 7) is 0.432. The van der Waals surface area contributed by atoms with E-state index in [9.17, 15) is 4.79 Å². The summed E-state index contributed by atoms with van der Waals surface area (Å²) in [7, 11) is 0. The van der Waals surface area contributed by atoms with Crippen molar-refractivity contribution >= 4 is 40.0 Å². The highest BCUT2D eigenvalue weighted by Gasteiger charge is 2.08. The lowest BCUT2D eigenvalue weighted by atomic mass is 10.1. The zero-order chi connectivity index (χ0) is 16.9. The summed E-state index contributed by atoms with van der Waals surface area (Å²) in [5.74, 6) is 0.196. The van der Waals surface area contributed by atoms with Crippen molar-refractivity contribution in [3.05, 3.63) is 64.3 Å². The Kier molecular flexibility index (Phi) is 5.28. The molecule has 0 saturated heterocycles. The Bertz CT molecular complexity index is 861. The van der Waals surface area contributed by atoms with Gasteiger partial charge in [-0.2, -0.15) is 0 Å². The van der Waals surface area contributed by atoms with E-state index in [1.165, 1.54) is 10.9 Å². The van der Waals surface area contributed by atoms with E-state index in [0.29, 0.717) is 22.3 Å². The van der Waals surface area contributed by atoms with Crippen LogP contribution in [0, 0.1) is 0 Å². The first-order valence-corrected chi connectivity index (χ1v) is 8.29. The van der Waals surface area contributed by atoms with Gasteiger partial charge in [0.2, 0.25) is 0 Å². The topological polar surface area (TPSA) is 54.1 Å². The number of fused-ring (bicyclic) bond motifs is 1. The number of halogens is 2. The Morgan fingerprint density at radius 2 is 1.96 bits per heavy atom. The molecule has 3 rings (SSSR count). The van der Waals surface area contributed by atoms with Crippen LogP contribution in [0.25, 0.3) is 10.9 Å². The number of rotatable bonds is 6. The molecule has 0 aliphatic rings. The first-order chi connectivity index (χ1) is 11.6. The number of carbonyl (C=O) groups excluding carboxylic acids is 1. The van der Waals surface area contributed by atoms with E-state index in [4.69, 9.17) is 27.9 Å². The van der Waals surface area contributed by atoms with Gasteiger partial charge in [0, 0.05) is 23.6 Å². The lowest BCUT2D eigenvalue weighted by Gasteiger charge is -2.09. The fourth-order valence-corrected chi connectivity index (χ4v) is 2.81. The van der Waals surface area contributed by atoms with Crippen LogP contribution in [-0.4, -0.2) is 24.0 Å². The number of amides is 1. The normalized spacial score (nSPS) is 10.8. The molecule has 6 heteroatoms. The van der Waals surface area contributed by atoms with Gasteiger partial charge in [0.25, 0.3) is 5.91 Å². The van der Waals surface area contributed by atoms with Gasteiger partial charge in [-0.1, -0.05) is 47.5 Å². The average Bonchev–Trinajstić information content (AvgIpc) is 3.00. The monoisotopic (exact) mass is 362 g/mol. The van der Waals surface area contributed by atoms with Crippen LogP contribution in [0.15, 0.2) is 48.7 Å². The van der Waals surface area contributed by atoms with E-state index in [1.54, 1.807) is 18.2 Å². The van der Waals surface area contributed by atoms with Gasteiger partial charge in [-0.05, 0) is 30.2 Å². The molecule has 0 unspecified atom stereocenters. The maximum atomic E-state index is 11.9. The third-order valence-corrected chi connectivity index (χ3v) is 4.47. The van der Waals surface area contributed by atoms with Crippen molar-refractivity contribution in [2.45, 2.75) is 6.42 Å². The Labute approximate surface area is 149 Å². The molecule has 0 aliphatic heterocycles. The van der Waals surface area contributed by atoms with E-state index >= 15 is 0 Å². The van der Waals surface area contributed by atoms with Gasteiger partial charge >= 0.3 is 0 Å². The number of hydrogen-bond acceptors (Lipinski definition) is 2. The quantitative estimate of drug-likeness (QED) is 0.689. The van der Waals surface area contributed by atoms with Crippen molar-refractivity contribution in [3.63, 3.8) is 0 Å². The van der Waals surface area contributed by atoms with E-state index in [1.807, 2.05) is 24.4 Å². The summed E-state index contributed by atoms with van der Waals surface area (Å²) >= 11 is 11.9. The van der Waals surface area contributed by atoms with Gasteiger partial charge in [-0.25, -0.2) is 0 Å². The molecule has 0 fully saturated rings. The largest absolute Gasteiger partial charge is 0.482 e. The third kappa shape index (κ3) is 3.83. The van der Waals surface area contributed by atoms with Crippen molar-refractivity contribution in [3.8, 4) is 5.75 Å². The van der Waals surface area contributed by atoms with Gasteiger partial charge in [-0.15, -0.1) is 0 Å². The molecule has 124 valence electrons. The molecule has 1 heterocycles. The highest BCUT2D eigenvalue weighted by molar-refractivity contribution is 6.42. The van der Waals surface area contributed by atoms with Gasteiger partial charge in [0.15, 0.2) is 6.61 Å². The Balaban J connectivity index is 1.48. The lowest BCUT2D eigenvalue weighted by Crippen LogP contribution is -2.30. The molecular formula is C18H16Cl2N2O2. The molecule has 24 heavy (non-hydrogen) atoms. The van der Waals surface area contributed by atoms with Crippen molar-refractivity contribution in [1.29, 1.82) is 0 Å². The fraction of sp³-hybridized carbons (Fsp3) is 0.167. The predicted octanol–water partition coefficient (Wildman–Crippen LogP) is 4.21. The Morgan fingerprint density at radius 1 is 1.12 bits per heavy atom. The van der Waals surface area contributed by atoms with Gasteiger partial charge < -0.3 is 15.0 Å². The van der Waals surface area contributed by atoms with Crippen molar-refractivity contribution < 1.29 is 9.53 Å². The maximum Gasteiger partial charge on any atom is 0.257 e. The number of ether oxygens (including phenoxy) is 1. The third-order valence-electron chi connectivity index (χ3n) is 3.67. The maximum absolute atomic E-state index is 11.9. The Morgan fingerprint density at radius 3 is 2.83 bits per heavy atom. The summed E-state index contributed by atoms with van der Waals surface area (Å²) in [6.07, 6.45) is 2.72. The second-order valence-corrected chi connectivity index (χ2v) is 6.09. The van der Waals surface area contributed by atoms with E-state index in [-0.39, 0.29) is 12.5 Å². The van der Waals surface area contributed by atoms with Crippen LogP contribution >= 0.6 is 23.2 Å². The summed E-state index contributed by atoms with van der Waals surface area (Å²) in [5.41, 5.74) is 2.27. The molecule has 2 aromatic carbocycles. The van der Waals surface area contributed by atoms with E-state index in [2.05, 4.69) is 16.4 Å². The second-order valence-electron chi connectivity index (χ2n) is 5.30. The molecule has 3 aromatic rings. The smallest absolute Gasteiger partial charge is 0.257 e. The zero-order valence-electron chi connectivity index (χ0n) is 12.8. The summed E-state index contributed by atoms with van der Waals surface area (Å²) in [5, 5.41) is 4.72. The van der Waals surface area contributed by atoms with Crippen molar-refractivity contribution in [1.82, 2.24) is 10.3 Å². The van der Waals surface area contributed by atoms with E-state index < -0.39 is 0 Å². The number of carbonyl (C=O) groups is 1. The average molecular weight is 363 g/mol. The van der Waals surface area contributed by atoms with Crippen LogP contribution in [0.1, 0.15) is 5.56 Å². The summed E-state index contributed by atoms with van der Waals surface area (Å²) in [6, 6.07) is 13.1. The number of hydrogen-bond donors (Lipinski definition) is 2. The molecule has 1 amide bonds.